The third-order valence-electron chi connectivity index (χ3n) is 1.50. The van der Waals surface area contributed by atoms with Crippen molar-refractivity contribution >= 4 is 0 Å². The maximum absolute atomic E-state index is 5.22. The second kappa shape index (κ2) is 2.80. The Morgan fingerprint density at radius 2 is 2.56 bits per heavy atom. The number of nitrogens with two attached hydrogens (primary N) is 1. The minimum atomic E-state index is 0.341. The molecule has 0 radical (unpaired) electrons. The van der Waals surface area contributed by atoms with Gasteiger partial charge in [0.15, 0.2) is 0 Å². The molecule has 0 amide bonds. The minimum Gasteiger partial charge on any atom is -0.271 e. The van der Waals surface area contributed by atoms with Crippen LogP contribution in [0.5, 0.6) is 0 Å². The predicted molar refractivity (Wildman–Crippen MR) is 38.6 cm³/mol. The summed E-state index contributed by atoms with van der Waals surface area (Å²) in [7, 11) is 0. The monoisotopic (exact) mass is 124 g/mol. The minimum absolute atomic E-state index is 0.341. The quantitative estimate of drug-likeness (QED) is 0.399. The van der Waals surface area contributed by atoms with Gasteiger partial charge in [-0.05, 0) is 13.3 Å². The highest BCUT2D eigenvalue weighted by Crippen LogP contribution is 2.07. The summed E-state index contributed by atoms with van der Waals surface area (Å²) in [5.74, 6) is 5.22. The zero-order valence-corrected chi connectivity index (χ0v) is 5.59. The van der Waals surface area contributed by atoms with Crippen LogP contribution in [0.4, 0.5) is 0 Å². The van der Waals surface area contributed by atoms with E-state index in [-0.39, 0.29) is 0 Å². The van der Waals surface area contributed by atoms with Crippen LogP contribution in [-0.2, 0) is 0 Å². The van der Waals surface area contributed by atoms with E-state index in [0.29, 0.717) is 6.04 Å². The second-order valence-electron chi connectivity index (χ2n) is 2.32. The smallest absolute Gasteiger partial charge is 0.0428 e. The zero-order chi connectivity index (χ0) is 6.69. The SMILES string of the molecule is CC1=CCC(NN)C=C1. The van der Waals surface area contributed by atoms with Crippen LogP contribution in [0.1, 0.15) is 13.3 Å². The Hall–Kier alpha value is -0.600. The van der Waals surface area contributed by atoms with E-state index >= 15 is 0 Å². The van der Waals surface area contributed by atoms with Crippen LogP contribution >= 0.6 is 0 Å². The molecule has 0 aliphatic heterocycles. The van der Waals surface area contributed by atoms with Gasteiger partial charge < -0.3 is 0 Å². The summed E-state index contributed by atoms with van der Waals surface area (Å²) < 4.78 is 0. The maximum atomic E-state index is 5.22. The average molecular weight is 124 g/mol. The second-order valence-corrected chi connectivity index (χ2v) is 2.32. The van der Waals surface area contributed by atoms with E-state index in [0.717, 1.165) is 6.42 Å². The van der Waals surface area contributed by atoms with Crippen LogP contribution in [0.3, 0.4) is 0 Å². The molecular weight excluding hydrogens is 112 g/mol. The normalized spacial score (nSPS) is 26.0. The number of hydrazine groups is 1. The van der Waals surface area contributed by atoms with Gasteiger partial charge in [-0.15, -0.1) is 0 Å². The summed E-state index contributed by atoms with van der Waals surface area (Å²) in [6.45, 7) is 2.09. The topological polar surface area (TPSA) is 38.0 Å². The molecule has 9 heavy (non-hydrogen) atoms. The summed E-state index contributed by atoms with van der Waals surface area (Å²) in [5, 5.41) is 0. The molecule has 0 saturated carbocycles. The van der Waals surface area contributed by atoms with Gasteiger partial charge in [0.2, 0.25) is 0 Å². The fourth-order valence-electron chi connectivity index (χ4n) is 0.851. The van der Waals surface area contributed by atoms with E-state index in [4.69, 9.17) is 5.84 Å². The summed E-state index contributed by atoms with van der Waals surface area (Å²) in [6, 6.07) is 0.341. The molecule has 0 spiro atoms. The molecule has 0 saturated heterocycles. The molecule has 1 rings (SSSR count). The number of rotatable bonds is 1. The van der Waals surface area contributed by atoms with Crippen LogP contribution in [-0.4, -0.2) is 6.04 Å². The molecular formula is C7H12N2. The lowest BCUT2D eigenvalue weighted by atomic mass is 10.1. The lowest BCUT2D eigenvalue weighted by Crippen LogP contribution is -2.33. The molecule has 0 aromatic heterocycles. The van der Waals surface area contributed by atoms with Gasteiger partial charge >= 0.3 is 0 Å². The van der Waals surface area contributed by atoms with Gasteiger partial charge in [0.25, 0.3) is 0 Å². The molecule has 0 bridgehead atoms. The number of hydrogen-bond acceptors (Lipinski definition) is 2. The first-order valence-electron chi connectivity index (χ1n) is 3.14. The first-order chi connectivity index (χ1) is 4.33. The number of nitrogens with one attached hydrogen (secondary N) is 1. The Morgan fingerprint density at radius 3 is 3.00 bits per heavy atom. The fraction of sp³-hybridized carbons (Fsp3) is 0.429. The van der Waals surface area contributed by atoms with Crippen LogP contribution in [0.15, 0.2) is 23.8 Å². The Labute approximate surface area is 55.4 Å². The zero-order valence-electron chi connectivity index (χ0n) is 5.59. The average Bonchev–Trinajstić information content (AvgIpc) is 1.90. The van der Waals surface area contributed by atoms with Gasteiger partial charge in [0.05, 0.1) is 0 Å². The van der Waals surface area contributed by atoms with Crippen molar-refractivity contribution in [1.82, 2.24) is 5.43 Å². The first-order valence-corrected chi connectivity index (χ1v) is 3.14. The van der Waals surface area contributed by atoms with Crippen LogP contribution in [0.2, 0.25) is 0 Å². The lowest BCUT2D eigenvalue weighted by molar-refractivity contribution is 0.621. The van der Waals surface area contributed by atoms with Gasteiger partial charge in [-0.1, -0.05) is 23.8 Å². The Kier molecular flexibility index (Phi) is 2.03. The molecule has 0 aromatic carbocycles. The van der Waals surface area contributed by atoms with Crippen molar-refractivity contribution < 1.29 is 0 Å². The summed E-state index contributed by atoms with van der Waals surface area (Å²) >= 11 is 0. The Balaban J connectivity index is 2.48. The van der Waals surface area contributed by atoms with Crippen molar-refractivity contribution in [3.63, 3.8) is 0 Å². The maximum Gasteiger partial charge on any atom is 0.0428 e. The molecule has 50 valence electrons. The van der Waals surface area contributed by atoms with Crippen molar-refractivity contribution in [3.05, 3.63) is 23.8 Å². The summed E-state index contributed by atoms with van der Waals surface area (Å²) in [6.07, 6.45) is 7.34. The molecule has 1 aliphatic carbocycles. The molecule has 3 N–H and O–H groups in total. The van der Waals surface area contributed by atoms with Crippen LogP contribution in [0.25, 0.3) is 0 Å². The van der Waals surface area contributed by atoms with Crippen molar-refractivity contribution in [2.75, 3.05) is 0 Å². The van der Waals surface area contributed by atoms with Gasteiger partial charge in [-0.2, -0.15) is 0 Å². The highest BCUT2D eigenvalue weighted by Gasteiger charge is 2.02. The van der Waals surface area contributed by atoms with Crippen molar-refractivity contribution in [2.24, 2.45) is 5.84 Å². The van der Waals surface area contributed by atoms with E-state index in [1.54, 1.807) is 0 Å². The molecule has 2 heteroatoms. The third-order valence-corrected chi connectivity index (χ3v) is 1.50. The van der Waals surface area contributed by atoms with Gasteiger partial charge in [-0.25, -0.2) is 0 Å². The molecule has 1 unspecified atom stereocenters. The van der Waals surface area contributed by atoms with Crippen molar-refractivity contribution in [1.29, 1.82) is 0 Å². The third kappa shape index (κ3) is 1.66. The van der Waals surface area contributed by atoms with Crippen LogP contribution < -0.4 is 11.3 Å². The Bertz CT molecular complexity index is 147. The predicted octanol–water partition coefficient (Wildman–Crippen LogP) is 0.725. The lowest BCUT2D eigenvalue weighted by Gasteiger charge is -2.12. The standard InChI is InChI=1S/C7H12N2/c1-6-2-4-7(9-8)5-3-6/h2-4,7,9H,5,8H2,1H3. The van der Waals surface area contributed by atoms with Gasteiger partial charge in [0, 0.05) is 6.04 Å². The molecule has 1 aliphatic rings. The molecule has 2 nitrogen and oxygen atoms in total. The van der Waals surface area contributed by atoms with Crippen molar-refractivity contribution in [2.45, 2.75) is 19.4 Å². The van der Waals surface area contributed by atoms with E-state index in [1.807, 2.05) is 0 Å². The first kappa shape index (κ1) is 6.52. The van der Waals surface area contributed by atoms with E-state index < -0.39 is 0 Å². The largest absolute Gasteiger partial charge is 0.271 e. The summed E-state index contributed by atoms with van der Waals surface area (Å²) in [4.78, 5) is 0. The molecule has 0 aromatic rings. The summed E-state index contributed by atoms with van der Waals surface area (Å²) in [5.41, 5.74) is 4.01. The Morgan fingerprint density at radius 1 is 1.78 bits per heavy atom. The van der Waals surface area contributed by atoms with E-state index in [2.05, 4.69) is 30.6 Å². The number of allylic oxidation sites excluding steroid dienone is 2. The van der Waals surface area contributed by atoms with E-state index in [9.17, 15) is 0 Å². The highest BCUT2D eigenvalue weighted by molar-refractivity contribution is 5.22. The van der Waals surface area contributed by atoms with E-state index in [1.165, 1.54) is 5.57 Å². The number of hydrogen-bond donors (Lipinski definition) is 2. The fourth-order valence-corrected chi connectivity index (χ4v) is 0.851. The van der Waals surface area contributed by atoms with Crippen molar-refractivity contribution in [3.8, 4) is 0 Å². The van der Waals surface area contributed by atoms with Crippen LogP contribution in [0, 0.1) is 0 Å². The highest BCUT2D eigenvalue weighted by atomic mass is 15.2. The molecule has 0 heterocycles. The van der Waals surface area contributed by atoms with Gasteiger partial charge in [-0.3, -0.25) is 11.3 Å². The molecule has 1 atom stereocenters. The van der Waals surface area contributed by atoms with Gasteiger partial charge in [0.1, 0.15) is 0 Å². The molecule has 0 fully saturated rings.